The van der Waals surface area contributed by atoms with Gasteiger partial charge in [-0.25, -0.2) is 9.97 Å². The van der Waals surface area contributed by atoms with Gasteiger partial charge in [-0.05, 0) is 51.9 Å². The van der Waals surface area contributed by atoms with Gasteiger partial charge in [0, 0.05) is 16.9 Å². The molecule has 166 valence electrons. The smallest absolute Gasteiger partial charge is 0.137 e. The third-order valence-electron chi connectivity index (χ3n) is 7.30. The van der Waals surface area contributed by atoms with E-state index < -0.39 is 0 Å². The Morgan fingerprint density at radius 3 is 2.26 bits per heavy atom. The summed E-state index contributed by atoms with van der Waals surface area (Å²) in [6.45, 7) is 0. The van der Waals surface area contributed by atoms with Crippen LogP contribution in [-0.2, 0) is 6.42 Å². The van der Waals surface area contributed by atoms with Crippen molar-refractivity contribution in [3.8, 4) is 22.4 Å². The summed E-state index contributed by atoms with van der Waals surface area (Å²) in [5, 5.41) is 3.70. The maximum atomic E-state index is 5.25. The molecule has 0 aliphatic heterocycles. The van der Waals surface area contributed by atoms with Crippen LogP contribution in [0.4, 0.5) is 0 Å². The molecule has 5 aromatic carbocycles. The Morgan fingerprint density at radius 2 is 1.34 bits per heavy atom. The number of aryl methyl sites for hydroxylation is 1. The minimum atomic E-state index is 0.129. The molecule has 0 N–H and O–H groups in total. The van der Waals surface area contributed by atoms with Gasteiger partial charge in [0.25, 0.3) is 0 Å². The van der Waals surface area contributed by atoms with E-state index in [1.807, 2.05) is 0 Å². The van der Waals surface area contributed by atoms with Crippen molar-refractivity contribution in [2.45, 2.75) is 18.8 Å². The van der Waals surface area contributed by atoms with Crippen LogP contribution in [-0.4, -0.2) is 9.97 Å². The van der Waals surface area contributed by atoms with E-state index in [2.05, 4.69) is 115 Å². The highest BCUT2D eigenvalue weighted by molar-refractivity contribution is 5.99. The van der Waals surface area contributed by atoms with Crippen molar-refractivity contribution in [2.24, 2.45) is 0 Å². The van der Waals surface area contributed by atoms with Crippen molar-refractivity contribution >= 4 is 21.7 Å². The van der Waals surface area contributed by atoms with Crippen molar-refractivity contribution < 1.29 is 0 Å². The molecule has 1 aromatic heterocycles. The zero-order valence-corrected chi connectivity index (χ0v) is 19.4. The summed E-state index contributed by atoms with van der Waals surface area (Å²) in [6.07, 6.45) is 1.98. The first-order valence-electron chi connectivity index (χ1n) is 12.3. The Kier molecular flexibility index (Phi) is 4.70. The number of hydrogen-bond donors (Lipinski definition) is 0. The molecule has 2 heteroatoms. The van der Waals surface area contributed by atoms with Gasteiger partial charge in [0.05, 0.1) is 11.2 Å². The highest BCUT2D eigenvalue weighted by Crippen LogP contribution is 2.44. The number of para-hydroxylation sites is 1. The average molecular weight is 449 g/mol. The van der Waals surface area contributed by atoms with Crippen LogP contribution in [0.5, 0.6) is 0 Å². The second-order valence-electron chi connectivity index (χ2n) is 9.31. The van der Waals surface area contributed by atoms with Crippen molar-refractivity contribution in [1.82, 2.24) is 9.97 Å². The van der Waals surface area contributed by atoms with Crippen LogP contribution in [0.1, 0.15) is 29.3 Å². The Bertz CT molecular complexity index is 1700. The van der Waals surface area contributed by atoms with Crippen LogP contribution in [0.2, 0.25) is 0 Å². The first kappa shape index (κ1) is 20.1. The molecular weight excluding hydrogens is 424 g/mol. The van der Waals surface area contributed by atoms with Crippen LogP contribution < -0.4 is 0 Å². The van der Waals surface area contributed by atoms with Crippen molar-refractivity contribution in [2.75, 3.05) is 0 Å². The molecule has 35 heavy (non-hydrogen) atoms. The number of fused-ring (bicyclic) bond motifs is 6. The molecule has 0 saturated heterocycles. The minimum absolute atomic E-state index is 0.129. The number of aromatic nitrogens is 2. The van der Waals surface area contributed by atoms with E-state index in [0.29, 0.717) is 0 Å². The van der Waals surface area contributed by atoms with Crippen LogP contribution in [0.3, 0.4) is 0 Å². The average Bonchev–Trinajstić information content (AvgIpc) is 3.10. The molecular formula is C33H24N2. The predicted octanol–water partition coefficient (Wildman–Crippen LogP) is 8.20. The molecule has 1 aliphatic carbocycles. The number of hydrogen-bond acceptors (Lipinski definition) is 2. The Balaban J connectivity index is 1.47. The van der Waals surface area contributed by atoms with E-state index in [-0.39, 0.29) is 5.92 Å². The van der Waals surface area contributed by atoms with Crippen LogP contribution in [0.15, 0.2) is 115 Å². The molecule has 0 spiro atoms. The molecule has 7 rings (SSSR count). The fraction of sp³-hybridized carbons (Fsp3) is 0.0909. The third-order valence-corrected chi connectivity index (χ3v) is 7.30. The first-order chi connectivity index (χ1) is 17.4. The molecule has 1 aliphatic rings. The van der Waals surface area contributed by atoms with Gasteiger partial charge in [0.15, 0.2) is 0 Å². The second-order valence-corrected chi connectivity index (χ2v) is 9.31. The lowest BCUT2D eigenvalue weighted by Gasteiger charge is -2.19. The highest BCUT2D eigenvalue weighted by atomic mass is 14.9. The number of benzene rings is 5. The molecule has 0 saturated carbocycles. The molecule has 1 atom stereocenters. The maximum absolute atomic E-state index is 5.25. The van der Waals surface area contributed by atoms with Crippen molar-refractivity contribution in [3.63, 3.8) is 0 Å². The topological polar surface area (TPSA) is 25.8 Å². The SMILES string of the molecule is c1ccc(-c2nc(C3CCc4ccc5ccccc5c4-c4ccccc43)nc3ccccc23)cc1. The van der Waals surface area contributed by atoms with Crippen LogP contribution in [0.25, 0.3) is 44.1 Å². The van der Waals surface area contributed by atoms with Crippen molar-refractivity contribution in [3.05, 3.63) is 132 Å². The standard InChI is InChI=1S/C33H24N2/c1-2-11-24(12-3-1)32-29-16-8-9-17-30(29)34-33(35-32)28-21-20-23-19-18-22-10-4-5-13-25(22)31(23)27-15-7-6-14-26(27)28/h1-19,28H,20-21H2. The van der Waals surface area contributed by atoms with Crippen LogP contribution >= 0.6 is 0 Å². The Morgan fingerprint density at radius 1 is 0.600 bits per heavy atom. The van der Waals surface area contributed by atoms with E-state index >= 15 is 0 Å². The summed E-state index contributed by atoms with van der Waals surface area (Å²) in [4.78, 5) is 10.4. The second kappa shape index (κ2) is 8.18. The van der Waals surface area contributed by atoms with E-state index in [1.165, 1.54) is 33.0 Å². The zero-order valence-electron chi connectivity index (χ0n) is 19.4. The van der Waals surface area contributed by atoms with E-state index in [9.17, 15) is 0 Å². The molecule has 2 nitrogen and oxygen atoms in total. The van der Waals surface area contributed by atoms with Gasteiger partial charge < -0.3 is 0 Å². The summed E-state index contributed by atoms with van der Waals surface area (Å²) in [5.74, 6) is 1.04. The molecule has 0 amide bonds. The fourth-order valence-electron chi connectivity index (χ4n) is 5.66. The zero-order chi connectivity index (χ0) is 23.2. The Labute approximate surface area is 204 Å². The third kappa shape index (κ3) is 3.33. The van der Waals surface area contributed by atoms with Crippen molar-refractivity contribution in [1.29, 1.82) is 0 Å². The Hall–Kier alpha value is -4.30. The largest absolute Gasteiger partial charge is 0.232 e. The van der Waals surface area contributed by atoms with E-state index in [1.54, 1.807) is 0 Å². The monoisotopic (exact) mass is 448 g/mol. The van der Waals surface area contributed by atoms with Gasteiger partial charge in [0.2, 0.25) is 0 Å². The summed E-state index contributed by atoms with van der Waals surface area (Å²) < 4.78 is 0. The van der Waals surface area contributed by atoms with E-state index in [4.69, 9.17) is 9.97 Å². The van der Waals surface area contributed by atoms with E-state index in [0.717, 1.165) is 40.8 Å². The molecule has 1 heterocycles. The summed E-state index contributed by atoms with van der Waals surface area (Å²) in [7, 11) is 0. The lowest BCUT2D eigenvalue weighted by Crippen LogP contribution is -2.08. The van der Waals surface area contributed by atoms with Crippen LogP contribution in [0, 0.1) is 0 Å². The van der Waals surface area contributed by atoms with Gasteiger partial charge in [-0.15, -0.1) is 0 Å². The summed E-state index contributed by atoms with van der Waals surface area (Å²) >= 11 is 0. The maximum Gasteiger partial charge on any atom is 0.137 e. The number of rotatable bonds is 2. The first-order valence-corrected chi connectivity index (χ1v) is 12.3. The minimum Gasteiger partial charge on any atom is -0.232 e. The molecule has 6 aromatic rings. The lowest BCUT2D eigenvalue weighted by molar-refractivity contribution is 0.685. The predicted molar refractivity (Wildman–Crippen MR) is 145 cm³/mol. The normalized spacial score (nSPS) is 14.9. The molecule has 0 fully saturated rings. The van der Waals surface area contributed by atoms with Gasteiger partial charge in [0.1, 0.15) is 5.82 Å². The molecule has 0 radical (unpaired) electrons. The molecule has 1 unspecified atom stereocenters. The lowest BCUT2D eigenvalue weighted by atomic mass is 9.88. The quantitative estimate of drug-likeness (QED) is 0.267. The highest BCUT2D eigenvalue weighted by Gasteiger charge is 2.27. The van der Waals surface area contributed by atoms with Gasteiger partial charge in [-0.1, -0.05) is 109 Å². The number of nitrogens with zero attached hydrogens (tertiary/aromatic N) is 2. The summed E-state index contributed by atoms with van der Waals surface area (Å²) in [5.41, 5.74) is 8.53. The summed E-state index contributed by atoms with van der Waals surface area (Å²) in [6, 6.07) is 41.0. The van der Waals surface area contributed by atoms with Gasteiger partial charge in [-0.2, -0.15) is 0 Å². The molecule has 0 bridgehead atoms. The van der Waals surface area contributed by atoms with Gasteiger partial charge >= 0.3 is 0 Å². The fourth-order valence-corrected chi connectivity index (χ4v) is 5.66. The van der Waals surface area contributed by atoms with Gasteiger partial charge in [-0.3, -0.25) is 0 Å².